The van der Waals surface area contributed by atoms with Gasteiger partial charge in [-0.2, -0.15) is 0 Å². The molecule has 12 heavy (non-hydrogen) atoms. The van der Waals surface area contributed by atoms with Crippen LogP contribution in [0.25, 0.3) is 0 Å². The highest BCUT2D eigenvalue weighted by Gasteiger charge is 2.02. The summed E-state index contributed by atoms with van der Waals surface area (Å²) < 4.78 is 5.36. The van der Waals surface area contributed by atoms with Crippen molar-refractivity contribution in [3.8, 4) is 11.5 Å². The van der Waals surface area contributed by atoms with E-state index in [0.717, 1.165) is 0 Å². The quantitative estimate of drug-likeness (QED) is 0.869. The molecule has 1 aromatic carbocycles. The fourth-order valence-corrected chi connectivity index (χ4v) is 0.996. The van der Waals surface area contributed by atoms with E-state index >= 15 is 0 Å². The van der Waals surface area contributed by atoms with E-state index in [9.17, 15) is 5.11 Å². The van der Waals surface area contributed by atoms with Crippen molar-refractivity contribution < 1.29 is 9.84 Å². The van der Waals surface area contributed by atoms with Gasteiger partial charge in [0.25, 0.3) is 0 Å². The molecule has 0 aliphatic carbocycles. The summed E-state index contributed by atoms with van der Waals surface area (Å²) in [4.78, 5) is 0. The SMILES string of the molecule is Oc1ccccc1OCC(Br)Br. The molecule has 1 aromatic rings. The first kappa shape index (κ1) is 9.86. The standard InChI is InChI=1S/C8H8Br2O2/c9-8(10)5-12-7-4-2-1-3-6(7)11/h1-4,8,11H,5H2. The maximum atomic E-state index is 9.27. The lowest BCUT2D eigenvalue weighted by Gasteiger charge is -2.07. The molecule has 66 valence electrons. The summed E-state index contributed by atoms with van der Waals surface area (Å²) in [5, 5.41) is 9.27. The van der Waals surface area contributed by atoms with Gasteiger partial charge in [-0.1, -0.05) is 44.0 Å². The van der Waals surface area contributed by atoms with Crippen LogP contribution in [0.3, 0.4) is 0 Å². The van der Waals surface area contributed by atoms with Gasteiger partial charge < -0.3 is 9.84 Å². The van der Waals surface area contributed by atoms with Crippen LogP contribution in [0, 0.1) is 0 Å². The fraction of sp³-hybridized carbons (Fsp3) is 0.250. The van der Waals surface area contributed by atoms with Gasteiger partial charge in [0.05, 0.1) is 0 Å². The van der Waals surface area contributed by atoms with Gasteiger partial charge in [-0.05, 0) is 12.1 Å². The highest BCUT2D eigenvalue weighted by molar-refractivity contribution is 9.24. The number of para-hydroxylation sites is 2. The first-order chi connectivity index (χ1) is 5.70. The molecule has 1 rings (SSSR count). The molecule has 0 saturated carbocycles. The average molecular weight is 296 g/mol. The van der Waals surface area contributed by atoms with Gasteiger partial charge in [0, 0.05) is 0 Å². The zero-order valence-electron chi connectivity index (χ0n) is 6.21. The Hall–Kier alpha value is -0.220. The first-order valence-corrected chi connectivity index (χ1v) is 5.22. The number of ether oxygens (including phenoxy) is 1. The Morgan fingerprint density at radius 3 is 2.58 bits per heavy atom. The van der Waals surface area contributed by atoms with E-state index in [-0.39, 0.29) is 9.49 Å². The van der Waals surface area contributed by atoms with Crippen molar-refractivity contribution in [2.75, 3.05) is 6.61 Å². The van der Waals surface area contributed by atoms with Crippen LogP contribution in [0.4, 0.5) is 0 Å². The maximum absolute atomic E-state index is 9.27. The molecule has 0 aliphatic rings. The number of phenolic OH excluding ortho intramolecular Hbond substituents is 1. The molecule has 0 aromatic heterocycles. The van der Waals surface area contributed by atoms with E-state index in [1.807, 2.05) is 6.07 Å². The van der Waals surface area contributed by atoms with E-state index < -0.39 is 0 Å². The van der Waals surface area contributed by atoms with E-state index in [2.05, 4.69) is 31.9 Å². The van der Waals surface area contributed by atoms with Crippen LogP contribution < -0.4 is 4.74 Å². The zero-order valence-corrected chi connectivity index (χ0v) is 9.38. The van der Waals surface area contributed by atoms with Crippen molar-refractivity contribution >= 4 is 31.9 Å². The molecular formula is C8H8Br2O2. The van der Waals surface area contributed by atoms with E-state index in [1.165, 1.54) is 0 Å². The van der Waals surface area contributed by atoms with Crippen molar-refractivity contribution in [2.45, 2.75) is 3.74 Å². The number of rotatable bonds is 3. The molecule has 4 heteroatoms. The molecule has 0 bridgehead atoms. The highest BCUT2D eigenvalue weighted by atomic mass is 79.9. The molecular weight excluding hydrogens is 288 g/mol. The topological polar surface area (TPSA) is 29.5 Å². The number of halogens is 2. The fourth-order valence-electron chi connectivity index (χ4n) is 0.732. The van der Waals surface area contributed by atoms with Crippen molar-refractivity contribution in [3.63, 3.8) is 0 Å². The Kier molecular flexibility index (Phi) is 3.88. The Bertz CT molecular complexity index is 251. The third kappa shape index (κ3) is 3.03. The third-order valence-corrected chi connectivity index (χ3v) is 1.76. The summed E-state index contributed by atoms with van der Waals surface area (Å²) in [7, 11) is 0. The molecule has 0 atom stereocenters. The monoisotopic (exact) mass is 294 g/mol. The van der Waals surface area contributed by atoms with Crippen LogP contribution >= 0.6 is 31.9 Å². The molecule has 0 aliphatic heterocycles. The number of phenols is 1. The minimum Gasteiger partial charge on any atom is -0.504 e. The lowest BCUT2D eigenvalue weighted by atomic mass is 10.3. The van der Waals surface area contributed by atoms with Crippen molar-refractivity contribution in [2.24, 2.45) is 0 Å². The Morgan fingerprint density at radius 2 is 2.00 bits per heavy atom. The number of alkyl halides is 2. The Balaban J connectivity index is 2.57. The molecule has 0 spiro atoms. The lowest BCUT2D eigenvalue weighted by Crippen LogP contribution is -2.03. The molecule has 1 N–H and O–H groups in total. The zero-order chi connectivity index (χ0) is 8.97. The molecule has 0 fully saturated rings. The maximum Gasteiger partial charge on any atom is 0.161 e. The van der Waals surface area contributed by atoms with E-state index in [1.54, 1.807) is 18.2 Å². The highest BCUT2D eigenvalue weighted by Crippen LogP contribution is 2.25. The van der Waals surface area contributed by atoms with Crippen LogP contribution in [0.5, 0.6) is 11.5 Å². The molecule has 0 heterocycles. The second kappa shape index (κ2) is 4.72. The minimum atomic E-state index is 0.101. The van der Waals surface area contributed by atoms with Crippen LogP contribution in [0.15, 0.2) is 24.3 Å². The van der Waals surface area contributed by atoms with Crippen molar-refractivity contribution in [1.82, 2.24) is 0 Å². The van der Waals surface area contributed by atoms with E-state index in [0.29, 0.717) is 12.4 Å². The normalized spacial score (nSPS) is 10.2. The number of hydrogen-bond acceptors (Lipinski definition) is 2. The third-order valence-electron chi connectivity index (χ3n) is 1.23. The van der Waals surface area contributed by atoms with Gasteiger partial charge in [-0.15, -0.1) is 0 Å². The summed E-state index contributed by atoms with van der Waals surface area (Å²) in [5.41, 5.74) is 0. The van der Waals surface area contributed by atoms with Crippen molar-refractivity contribution in [3.05, 3.63) is 24.3 Å². The summed E-state index contributed by atoms with van der Waals surface area (Å²) in [6.07, 6.45) is 0. The molecule has 0 amide bonds. The molecule has 2 nitrogen and oxygen atoms in total. The number of benzene rings is 1. The molecule has 0 unspecified atom stereocenters. The second-order valence-electron chi connectivity index (χ2n) is 2.17. The predicted octanol–water partition coefficient (Wildman–Crippen LogP) is 2.89. The second-order valence-corrected chi connectivity index (χ2v) is 5.61. The lowest BCUT2D eigenvalue weighted by molar-refractivity contribution is 0.318. The molecule has 0 radical (unpaired) electrons. The number of hydrogen-bond donors (Lipinski definition) is 1. The molecule has 0 saturated heterocycles. The first-order valence-electron chi connectivity index (χ1n) is 3.39. The average Bonchev–Trinajstić information content (AvgIpc) is 2.03. The van der Waals surface area contributed by atoms with Crippen LogP contribution in [0.1, 0.15) is 0 Å². The Morgan fingerprint density at radius 1 is 1.33 bits per heavy atom. The smallest absolute Gasteiger partial charge is 0.161 e. The van der Waals surface area contributed by atoms with Gasteiger partial charge in [-0.25, -0.2) is 0 Å². The van der Waals surface area contributed by atoms with Gasteiger partial charge in [0.1, 0.15) is 10.3 Å². The minimum absolute atomic E-state index is 0.101. The van der Waals surface area contributed by atoms with Crippen LogP contribution in [-0.2, 0) is 0 Å². The van der Waals surface area contributed by atoms with Gasteiger partial charge in [-0.3, -0.25) is 0 Å². The Labute approximate surface area is 87.8 Å². The summed E-state index contributed by atoms with van der Waals surface area (Å²) in [6, 6.07) is 6.87. The predicted molar refractivity (Wildman–Crippen MR) is 55.2 cm³/mol. The van der Waals surface area contributed by atoms with Gasteiger partial charge in [0.15, 0.2) is 11.5 Å². The summed E-state index contributed by atoms with van der Waals surface area (Å²) >= 11 is 6.53. The number of aromatic hydroxyl groups is 1. The van der Waals surface area contributed by atoms with Crippen LogP contribution in [0.2, 0.25) is 0 Å². The van der Waals surface area contributed by atoms with Crippen LogP contribution in [-0.4, -0.2) is 15.4 Å². The van der Waals surface area contributed by atoms with E-state index in [4.69, 9.17) is 4.74 Å². The van der Waals surface area contributed by atoms with Crippen molar-refractivity contribution in [1.29, 1.82) is 0 Å². The summed E-state index contributed by atoms with van der Waals surface area (Å²) in [6.45, 7) is 0.470. The summed E-state index contributed by atoms with van der Waals surface area (Å²) in [5.74, 6) is 0.666. The largest absolute Gasteiger partial charge is 0.504 e. The van der Waals surface area contributed by atoms with Gasteiger partial charge in [0.2, 0.25) is 0 Å². The van der Waals surface area contributed by atoms with Gasteiger partial charge >= 0.3 is 0 Å².